The van der Waals surface area contributed by atoms with Crippen molar-refractivity contribution in [3.63, 3.8) is 0 Å². The van der Waals surface area contributed by atoms with Gasteiger partial charge < -0.3 is 4.74 Å². The molecule has 0 unspecified atom stereocenters. The molecule has 0 fully saturated rings. The molecule has 0 amide bonds. The van der Waals surface area contributed by atoms with E-state index in [1.807, 2.05) is 13.8 Å². The summed E-state index contributed by atoms with van der Waals surface area (Å²) in [5.74, 6) is 0.688. The molecule has 0 aliphatic rings. The topological polar surface area (TPSA) is 69.9 Å². The standard InChI is InChI=1S/C12H14N4O2/c1-8(2)11(17)9-4-5-10(18-3)15-12(9)16-13-6-7-14-16/h4-8H,1-3H3. The van der Waals surface area contributed by atoms with Crippen LogP contribution in [0.4, 0.5) is 0 Å². The van der Waals surface area contributed by atoms with E-state index >= 15 is 0 Å². The third-order valence-corrected chi connectivity index (χ3v) is 2.46. The van der Waals surface area contributed by atoms with Gasteiger partial charge in [-0.3, -0.25) is 4.79 Å². The summed E-state index contributed by atoms with van der Waals surface area (Å²) in [4.78, 5) is 17.7. The van der Waals surface area contributed by atoms with Crippen molar-refractivity contribution in [2.75, 3.05) is 7.11 Å². The minimum atomic E-state index is -0.116. The Hall–Kier alpha value is -2.24. The lowest BCUT2D eigenvalue weighted by Gasteiger charge is -2.10. The van der Waals surface area contributed by atoms with Gasteiger partial charge in [-0.2, -0.15) is 15.2 Å². The van der Waals surface area contributed by atoms with Gasteiger partial charge in [0.2, 0.25) is 5.88 Å². The normalized spacial score (nSPS) is 10.7. The zero-order valence-corrected chi connectivity index (χ0v) is 10.5. The summed E-state index contributed by atoms with van der Waals surface area (Å²) in [6.07, 6.45) is 3.07. The molecule has 0 aromatic carbocycles. The van der Waals surface area contributed by atoms with Gasteiger partial charge in [0.1, 0.15) is 0 Å². The number of hydrogen-bond acceptors (Lipinski definition) is 5. The van der Waals surface area contributed by atoms with Crippen molar-refractivity contribution in [2.24, 2.45) is 5.92 Å². The molecule has 18 heavy (non-hydrogen) atoms. The van der Waals surface area contributed by atoms with Crippen molar-refractivity contribution in [2.45, 2.75) is 13.8 Å². The highest BCUT2D eigenvalue weighted by molar-refractivity contribution is 6.00. The van der Waals surface area contributed by atoms with Gasteiger partial charge in [-0.15, -0.1) is 4.80 Å². The number of aromatic nitrogens is 4. The molecule has 2 aromatic rings. The van der Waals surface area contributed by atoms with Gasteiger partial charge in [-0.05, 0) is 6.07 Å². The Kier molecular flexibility index (Phi) is 3.36. The summed E-state index contributed by atoms with van der Waals surface area (Å²) in [6, 6.07) is 3.34. The highest BCUT2D eigenvalue weighted by Gasteiger charge is 2.19. The zero-order valence-electron chi connectivity index (χ0n) is 10.5. The number of rotatable bonds is 4. The molecule has 0 bridgehead atoms. The van der Waals surface area contributed by atoms with Gasteiger partial charge in [0.05, 0.1) is 25.1 Å². The zero-order chi connectivity index (χ0) is 13.1. The van der Waals surface area contributed by atoms with Crippen LogP contribution in [0.1, 0.15) is 24.2 Å². The summed E-state index contributed by atoms with van der Waals surface area (Å²) in [5.41, 5.74) is 0.488. The molecule has 0 radical (unpaired) electrons. The molecule has 2 rings (SSSR count). The first-order chi connectivity index (χ1) is 8.63. The predicted molar refractivity (Wildman–Crippen MR) is 64.9 cm³/mol. The van der Waals surface area contributed by atoms with Crippen molar-refractivity contribution >= 4 is 5.78 Å². The number of Topliss-reactive ketones (excluding diaryl/α,β-unsaturated/α-hetero) is 1. The lowest BCUT2D eigenvalue weighted by molar-refractivity contribution is 0.0938. The quantitative estimate of drug-likeness (QED) is 0.765. The van der Waals surface area contributed by atoms with E-state index in [4.69, 9.17) is 4.74 Å². The molecule has 0 atom stereocenters. The van der Waals surface area contributed by atoms with Crippen molar-refractivity contribution in [3.05, 3.63) is 30.1 Å². The lowest BCUT2D eigenvalue weighted by Crippen LogP contribution is -2.15. The number of ketones is 1. The fourth-order valence-electron chi connectivity index (χ4n) is 1.53. The maximum Gasteiger partial charge on any atom is 0.215 e. The first kappa shape index (κ1) is 12.2. The van der Waals surface area contributed by atoms with E-state index in [-0.39, 0.29) is 11.7 Å². The van der Waals surface area contributed by atoms with Crippen LogP contribution in [0.2, 0.25) is 0 Å². The van der Waals surface area contributed by atoms with Crippen LogP contribution in [-0.2, 0) is 0 Å². The van der Waals surface area contributed by atoms with Gasteiger partial charge in [-0.1, -0.05) is 13.8 Å². The average Bonchev–Trinajstić information content (AvgIpc) is 2.90. The smallest absolute Gasteiger partial charge is 0.215 e. The van der Waals surface area contributed by atoms with Crippen molar-refractivity contribution in [1.82, 2.24) is 20.0 Å². The Morgan fingerprint density at radius 2 is 1.94 bits per heavy atom. The van der Waals surface area contributed by atoms with Crippen molar-refractivity contribution in [3.8, 4) is 11.7 Å². The molecule has 0 N–H and O–H groups in total. The molecule has 2 heterocycles. The maximum absolute atomic E-state index is 12.1. The minimum Gasteiger partial charge on any atom is -0.481 e. The van der Waals surface area contributed by atoms with Crippen LogP contribution in [-0.4, -0.2) is 32.9 Å². The molecule has 0 saturated carbocycles. The molecule has 0 aliphatic heterocycles. The third kappa shape index (κ3) is 2.22. The van der Waals surface area contributed by atoms with Gasteiger partial charge in [0.15, 0.2) is 11.6 Å². The number of carbonyl (C=O) groups excluding carboxylic acids is 1. The van der Waals surface area contributed by atoms with E-state index in [1.165, 1.54) is 24.3 Å². The number of ether oxygens (including phenoxy) is 1. The number of hydrogen-bond donors (Lipinski definition) is 0. The van der Waals surface area contributed by atoms with Gasteiger partial charge in [-0.25, -0.2) is 0 Å². The SMILES string of the molecule is COc1ccc(C(=O)C(C)C)c(-n2nccn2)n1. The Morgan fingerprint density at radius 1 is 1.28 bits per heavy atom. The molecular formula is C12H14N4O2. The van der Waals surface area contributed by atoms with Crippen LogP contribution >= 0.6 is 0 Å². The molecule has 0 spiro atoms. The molecule has 6 nitrogen and oxygen atoms in total. The highest BCUT2D eigenvalue weighted by Crippen LogP contribution is 2.18. The second kappa shape index (κ2) is 4.95. The van der Waals surface area contributed by atoms with E-state index in [0.29, 0.717) is 17.3 Å². The Balaban J connectivity index is 2.56. The Bertz CT molecular complexity index is 549. The van der Waals surface area contributed by atoms with Gasteiger partial charge in [0, 0.05) is 12.0 Å². The Morgan fingerprint density at radius 3 is 2.50 bits per heavy atom. The molecule has 94 valence electrons. The van der Waals surface area contributed by atoms with Crippen LogP contribution in [0.3, 0.4) is 0 Å². The molecule has 0 aliphatic carbocycles. The van der Waals surface area contributed by atoms with E-state index in [2.05, 4.69) is 15.2 Å². The molecule has 6 heteroatoms. The first-order valence-corrected chi connectivity index (χ1v) is 5.59. The molecular weight excluding hydrogens is 232 g/mol. The van der Waals surface area contributed by atoms with E-state index < -0.39 is 0 Å². The monoisotopic (exact) mass is 246 g/mol. The summed E-state index contributed by atoms with van der Waals surface area (Å²) in [6.45, 7) is 3.68. The fraction of sp³-hybridized carbons (Fsp3) is 0.333. The van der Waals surface area contributed by atoms with Crippen molar-refractivity contribution < 1.29 is 9.53 Å². The predicted octanol–water partition coefficient (Wildman–Crippen LogP) is 1.51. The fourth-order valence-corrected chi connectivity index (χ4v) is 1.53. The van der Waals surface area contributed by atoms with Gasteiger partial charge >= 0.3 is 0 Å². The summed E-state index contributed by atoms with van der Waals surface area (Å²) in [7, 11) is 1.52. The van der Waals surface area contributed by atoms with Gasteiger partial charge in [0.25, 0.3) is 0 Å². The van der Waals surface area contributed by atoms with Crippen LogP contribution in [0, 0.1) is 5.92 Å². The van der Waals surface area contributed by atoms with E-state index in [9.17, 15) is 4.79 Å². The highest BCUT2D eigenvalue weighted by atomic mass is 16.5. The largest absolute Gasteiger partial charge is 0.481 e. The number of carbonyl (C=O) groups is 1. The number of pyridine rings is 1. The Labute approximate surface area is 105 Å². The summed E-state index contributed by atoms with van der Waals surface area (Å²) in [5, 5.41) is 8.00. The van der Waals surface area contributed by atoms with Crippen LogP contribution in [0.25, 0.3) is 5.82 Å². The lowest BCUT2D eigenvalue weighted by atomic mass is 10.0. The van der Waals surface area contributed by atoms with Crippen LogP contribution < -0.4 is 4.74 Å². The number of methoxy groups -OCH3 is 1. The summed E-state index contributed by atoms with van der Waals surface area (Å²) >= 11 is 0. The molecule has 0 saturated heterocycles. The second-order valence-electron chi connectivity index (χ2n) is 4.06. The maximum atomic E-state index is 12.1. The third-order valence-electron chi connectivity index (χ3n) is 2.46. The van der Waals surface area contributed by atoms with E-state index in [0.717, 1.165) is 0 Å². The second-order valence-corrected chi connectivity index (χ2v) is 4.06. The average molecular weight is 246 g/mol. The van der Waals surface area contributed by atoms with Crippen LogP contribution in [0.15, 0.2) is 24.5 Å². The first-order valence-electron chi connectivity index (χ1n) is 5.59. The summed E-state index contributed by atoms with van der Waals surface area (Å²) < 4.78 is 5.06. The van der Waals surface area contributed by atoms with Crippen LogP contribution in [0.5, 0.6) is 5.88 Å². The van der Waals surface area contributed by atoms with E-state index in [1.54, 1.807) is 12.1 Å². The minimum absolute atomic E-state index is 0.00236. The molecule has 2 aromatic heterocycles. The van der Waals surface area contributed by atoms with Crippen molar-refractivity contribution in [1.29, 1.82) is 0 Å². The number of nitrogens with zero attached hydrogens (tertiary/aromatic N) is 4.